The number of benzene rings is 4. The second kappa shape index (κ2) is 10.1. The topological polar surface area (TPSA) is 84.9 Å². The molecule has 0 bridgehead atoms. The number of amides is 2. The first kappa shape index (κ1) is 25.3. The van der Waals surface area contributed by atoms with Crippen LogP contribution in [0, 0.1) is 0 Å². The number of nitrogens with one attached hydrogen (secondary N) is 1. The van der Waals surface area contributed by atoms with Crippen molar-refractivity contribution in [2.45, 2.75) is 12.0 Å². The molecule has 41 heavy (non-hydrogen) atoms. The first-order valence-electron chi connectivity index (χ1n) is 12.9. The lowest BCUT2D eigenvalue weighted by atomic mass is 9.81. The smallest absolute Gasteiger partial charge is 0.255 e. The van der Waals surface area contributed by atoms with E-state index < -0.39 is 17.9 Å². The Morgan fingerprint density at radius 1 is 0.878 bits per heavy atom. The van der Waals surface area contributed by atoms with Gasteiger partial charge in [0.05, 0.1) is 0 Å². The summed E-state index contributed by atoms with van der Waals surface area (Å²) in [7, 11) is 0. The van der Waals surface area contributed by atoms with Gasteiger partial charge in [0, 0.05) is 37.8 Å². The molecule has 0 saturated carbocycles. The van der Waals surface area contributed by atoms with Crippen LogP contribution in [0.15, 0.2) is 102 Å². The minimum absolute atomic E-state index is 0.0786. The molecule has 1 aromatic heterocycles. The Balaban J connectivity index is 1.50. The van der Waals surface area contributed by atoms with Gasteiger partial charge < -0.3 is 14.8 Å². The number of para-hydroxylation sites is 1. The third-order valence-corrected chi connectivity index (χ3v) is 8.69. The van der Waals surface area contributed by atoms with E-state index in [1.807, 2.05) is 30.3 Å². The summed E-state index contributed by atoms with van der Waals surface area (Å²) >= 11 is 7.62. The molecule has 2 aliphatic rings. The van der Waals surface area contributed by atoms with Gasteiger partial charge in [0.25, 0.3) is 11.8 Å². The molecule has 9 heteroatoms. The largest absolute Gasteiger partial charge is 0.454 e. The van der Waals surface area contributed by atoms with Gasteiger partial charge >= 0.3 is 0 Å². The summed E-state index contributed by atoms with van der Waals surface area (Å²) in [6.07, 6.45) is 0. The molecule has 7 nitrogen and oxygen atoms in total. The second-order valence-corrected chi connectivity index (χ2v) is 11.2. The van der Waals surface area contributed by atoms with Gasteiger partial charge in [0.15, 0.2) is 16.9 Å². The number of ether oxygens (including phenoxy) is 2. The highest BCUT2D eigenvalue weighted by Crippen LogP contribution is 2.47. The molecule has 0 radical (unpaired) electrons. The van der Waals surface area contributed by atoms with Crippen LogP contribution >= 0.6 is 22.9 Å². The molecule has 4 aromatic carbocycles. The molecule has 0 spiro atoms. The van der Waals surface area contributed by atoms with Gasteiger partial charge in [-0.05, 0) is 60.2 Å². The van der Waals surface area contributed by atoms with E-state index in [1.54, 1.807) is 66.7 Å². The summed E-state index contributed by atoms with van der Waals surface area (Å²) in [6, 6.07) is 27.2. The molecule has 0 fully saturated rings. The Morgan fingerprint density at radius 3 is 2.39 bits per heavy atom. The predicted molar refractivity (Wildman–Crippen MR) is 159 cm³/mol. The highest BCUT2D eigenvalue weighted by molar-refractivity contribution is 7.22. The monoisotopic (exact) mass is 580 g/mol. The highest BCUT2D eigenvalue weighted by atomic mass is 35.5. The van der Waals surface area contributed by atoms with Crippen LogP contribution in [0.1, 0.15) is 27.4 Å². The third-order valence-electron chi connectivity index (χ3n) is 7.30. The van der Waals surface area contributed by atoms with Crippen LogP contribution in [0.25, 0.3) is 10.1 Å². The molecule has 0 saturated heterocycles. The Labute approximate surface area is 243 Å². The van der Waals surface area contributed by atoms with Crippen LogP contribution in [-0.2, 0) is 4.79 Å². The maximum Gasteiger partial charge on any atom is 0.255 e. The summed E-state index contributed by atoms with van der Waals surface area (Å²) in [5.41, 5.74) is 1.80. The molecular formula is C32H21ClN2O5S. The molecule has 1 N–H and O–H groups in total. The van der Waals surface area contributed by atoms with Crippen LogP contribution in [0.2, 0.25) is 5.02 Å². The Hall–Kier alpha value is -4.66. The third kappa shape index (κ3) is 4.32. The lowest BCUT2D eigenvalue weighted by molar-refractivity contribution is -0.120. The zero-order valence-electron chi connectivity index (χ0n) is 21.4. The van der Waals surface area contributed by atoms with Gasteiger partial charge in [0.1, 0.15) is 11.0 Å². The molecule has 3 heterocycles. The molecular weight excluding hydrogens is 560 g/mol. The summed E-state index contributed by atoms with van der Waals surface area (Å²) in [4.78, 5) is 43.9. The van der Waals surface area contributed by atoms with Crippen molar-refractivity contribution in [3.8, 4) is 11.5 Å². The van der Waals surface area contributed by atoms with Crippen molar-refractivity contribution in [1.82, 2.24) is 5.32 Å². The molecule has 2 amide bonds. The van der Waals surface area contributed by atoms with E-state index in [-0.39, 0.29) is 18.1 Å². The number of anilines is 2. The quantitative estimate of drug-likeness (QED) is 0.271. The molecule has 5 aromatic rings. The second-order valence-electron chi connectivity index (χ2n) is 9.71. The van der Waals surface area contributed by atoms with E-state index in [2.05, 4.69) is 5.32 Å². The van der Waals surface area contributed by atoms with E-state index in [9.17, 15) is 14.4 Å². The van der Waals surface area contributed by atoms with Gasteiger partial charge in [-0.15, -0.1) is 11.3 Å². The SMILES string of the molecule is O=C(N[C@H]1C(=O)N(c2ccccc2)c2sc3cc(Cl)ccc3c(=O)c2[C@H]1c1ccc2c(c1)OCO2)c1ccccc1. The van der Waals surface area contributed by atoms with Crippen molar-refractivity contribution in [2.24, 2.45) is 0 Å². The number of carbonyl (C=O) groups excluding carboxylic acids is 2. The summed E-state index contributed by atoms with van der Waals surface area (Å²) in [5, 5.41) is 4.42. The van der Waals surface area contributed by atoms with E-state index >= 15 is 0 Å². The highest BCUT2D eigenvalue weighted by Gasteiger charge is 2.45. The normalized spacial score (nSPS) is 17.4. The number of rotatable bonds is 4. The number of nitrogens with zero attached hydrogens (tertiary/aromatic N) is 1. The first-order chi connectivity index (χ1) is 20.0. The van der Waals surface area contributed by atoms with Crippen molar-refractivity contribution in [1.29, 1.82) is 0 Å². The van der Waals surface area contributed by atoms with E-state index in [0.717, 1.165) is 0 Å². The van der Waals surface area contributed by atoms with E-state index in [0.29, 0.717) is 54.0 Å². The van der Waals surface area contributed by atoms with Gasteiger partial charge in [-0.3, -0.25) is 19.3 Å². The van der Waals surface area contributed by atoms with Gasteiger partial charge in [-0.1, -0.05) is 54.1 Å². The standard InChI is InChI=1S/C32H21ClN2O5S/c33-20-12-13-22-25(16-20)41-32-27(29(22)36)26(19-11-14-23-24(15-19)40-17-39-23)28(34-30(37)18-7-3-1-4-8-18)31(38)35(32)21-9-5-2-6-10-21/h1-16,26,28H,17H2,(H,34,37)/t26-,28-/m1/s1. The number of halogens is 1. The summed E-state index contributed by atoms with van der Waals surface area (Å²) in [6.45, 7) is 0.0786. The molecule has 2 aliphatic heterocycles. The number of hydrogen-bond acceptors (Lipinski definition) is 6. The van der Waals surface area contributed by atoms with Crippen LogP contribution in [0.5, 0.6) is 11.5 Å². The van der Waals surface area contributed by atoms with Gasteiger partial charge in [-0.25, -0.2) is 0 Å². The molecule has 2 atom stereocenters. The molecule has 7 rings (SSSR count). The van der Waals surface area contributed by atoms with Crippen molar-refractivity contribution in [2.75, 3.05) is 11.7 Å². The molecule has 202 valence electrons. The maximum atomic E-state index is 14.5. The lowest BCUT2D eigenvalue weighted by Gasteiger charge is -2.39. The Kier molecular flexibility index (Phi) is 6.22. The van der Waals surface area contributed by atoms with E-state index in [1.165, 1.54) is 16.2 Å². The zero-order valence-corrected chi connectivity index (χ0v) is 22.9. The van der Waals surface area contributed by atoms with Gasteiger partial charge in [-0.2, -0.15) is 0 Å². The average Bonchev–Trinajstić information content (AvgIpc) is 3.47. The fraction of sp³-hybridized carbons (Fsp3) is 0.0938. The van der Waals surface area contributed by atoms with Crippen LogP contribution < -0.4 is 25.1 Å². The van der Waals surface area contributed by atoms with Crippen LogP contribution in [0.4, 0.5) is 10.7 Å². The van der Waals surface area contributed by atoms with Crippen molar-refractivity contribution in [3.05, 3.63) is 129 Å². The van der Waals surface area contributed by atoms with Crippen LogP contribution in [-0.4, -0.2) is 24.6 Å². The average molecular weight is 581 g/mol. The molecule has 0 aliphatic carbocycles. The number of hydrogen-bond donors (Lipinski definition) is 1. The number of fused-ring (bicyclic) bond motifs is 3. The van der Waals surface area contributed by atoms with Crippen molar-refractivity contribution < 1.29 is 19.1 Å². The minimum atomic E-state index is -1.10. The maximum absolute atomic E-state index is 14.5. The Morgan fingerprint density at radius 2 is 1.61 bits per heavy atom. The predicted octanol–water partition coefficient (Wildman–Crippen LogP) is 6.25. The lowest BCUT2D eigenvalue weighted by Crippen LogP contribution is -2.54. The first-order valence-corrected chi connectivity index (χ1v) is 14.1. The minimum Gasteiger partial charge on any atom is -0.454 e. The van der Waals surface area contributed by atoms with Crippen LogP contribution in [0.3, 0.4) is 0 Å². The summed E-state index contributed by atoms with van der Waals surface area (Å²) in [5.74, 6) is -0.505. The van der Waals surface area contributed by atoms with Crippen molar-refractivity contribution in [3.63, 3.8) is 0 Å². The fourth-order valence-corrected chi connectivity index (χ4v) is 6.92. The van der Waals surface area contributed by atoms with Crippen molar-refractivity contribution >= 4 is 55.5 Å². The molecule has 0 unspecified atom stereocenters. The zero-order chi connectivity index (χ0) is 28.1. The van der Waals surface area contributed by atoms with E-state index in [4.69, 9.17) is 21.1 Å². The summed E-state index contributed by atoms with van der Waals surface area (Å²) < 4.78 is 11.8. The Bertz CT molecular complexity index is 1890. The number of carbonyl (C=O) groups is 2. The van der Waals surface area contributed by atoms with Gasteiger partial charge in [0.2, 0.25) is 6.79 Å². The fourth-order valence-electron chi connectivity index (χ4n) is 5.40.